The molecule has 0 saturated heterocycles. The summed E-state index contributed by atoms with van der Waals surface area (Å²) in [5, 5.41) is 6.40. The number of rotatable bonds is 7. The summed E-state index contributed by atoms with van der Waals surface area (Å²) in [6, 6.07) is 4.52. The van der Waals surface area contributed by atoms with Crippen LogP contribution in [-0.4, -0.2) is 43.1 Å². The van der Waals surface area contributed by atoms with Gasteiger partial charge in [0.05, 0.1) is 6.54 Å². The van der Waals surface area contributed by atoms with Crippen LogP contribution in [-0.2, 0) is 6.54 Å². The Morgan fingerprint density at radius 1 is 1.33 bits per heavy atom. The van der Waals surface area contributed by atoms with Crippen LogP contribution in [0.4, 0.5) is 8.78 Å². The second-order valence-corrected chi connectivity index (χ2v) is 6.06. The van der Waals surface area contributed by atoms with Gasteiger partial charge in [0.25, 0.3) is 0 Å². The normalized spacial score (nSPS) is 15.8. The van der Waals surface area contributed by atoms with E-state index >= 15 is 0 Å². The zero-order valence-electron chi connectivity index (χ0n) is 14.5. The van der Waals surface area contributed by atoms with Crippen LogP contribution in [0.5, 0.6) is 0 Å². The van der Waals surface area contributed by atoms with Crippen LogP contribution in [0.15, 0.2) is 23.2 Å². The summed E-state index contributed by atoms with van der Waals surface area (Å²) < 4.78 is 26.8. The van der Waals surface area contributed by atoms with Crippen molar-refractivity contribution in [1.82, 2.24) is 15.5 Å². The van der Waals surface area contributed by atoms with Crippen molar-refractivity contribution in [2.75, 3.05) is 20.1 Å². The zero-order valence-corrected chi connectivity index (χ0v) is 16.8. The summed E-state index contributed by atoms with van der Waals surface area (Å²) in [5.41, 5.74) is 0.255. The fourth-order valence-electron chi connectivity index (χ4n) is 2.40. The Hall–Kier alpha value is -0.960. The summed E-state index contributed by atoms with van der Waals surface area (Å²) in [5.74, 6) is -0.269. The smallest absolute Gasteiger partial charge is 0.191 e. The summed E-state index contributed by atoms with van der Waals surface area (Å²) >= 11 is 0. The molecule has 0 bridgehead atoms. The fraction of sp³-hybridized carbons (Fsp3) is 0.588. The molecule has 1 atom stereocenters. The van der Waals surface area contributed by atoms with Crippen LogP contribution < -0.4 is 10.6 Å². The number of nitrogens with one attached hydrogen (secondary N) is 2. The summed E-state index contributed by atoms with van der Waals surface area (Å²) in [6.07, 6.45) is 2.54. The molecule has 4 nitrogen and oxygen atoms in total. The Balaban J connectivity index is 0.00000288. The third-order valence-electron chi connectivity index (χ3n) is 4.14. The van der Waals surface area contributed by atoms with E-state index in [4.69, 9.17) is 0 Å². The van der Waals surface area contributed by atoms with Gasteiger partial charge >= 0.3 is 0 Å². The highest BCUT2D eigenvalue weighted by atomic mass is 127. The lowest BCUT2D eigenvalue weighted by atomic mass is 10.2. The van der Waals surface area contributed by atoms with Gasteiger partial charge in [-0.25, -0.2) is 13.8 Å². The highest BCUT2D eigenvalue weighted by molar-refractivity contribution is 14.0. The fourth-order valence-corrected chi connectivity index (χ4v) is 2.40. The first-order valence-electron chi connectivity index (χ1n) is 8.19. The van der Waals surface area contributed by atoms with Gasteiger partial charge in [-0.1, -0.05) is 0 Å². The molecule has 0 aromatic heterocycles. The maximum atomic E-state index is 13.6. The topological polar surface area (TPSA) is 39.7 Å². The van der Waals surface area contributed by atoms with Gasteiger partial charge < -0.3 is 10.6 Å². The van der Waals surface area contributed by atoms with Crippen molar-refractivity contribution in [3.05, 3.63) is 35.4 Å². The molecule has 1 saturated carbocycles. The average Bonchev–Trinajstić information content (AvgIpc) is 3.36. The number of guanidine groups is 1. The number of likely N-dealkylation sites (N-methyl/N-ethyl adjacent to an activating group) is 1. The third kappa shape index (κ3) is 6.51. The number of hydrogen-bond donors (Lipinski definition) is 2. The monoisotopic (exact) mass is 452 g/mol. The summed E-state index contributed by atoms with van der Waals surface area (Å²) in [7, 11) is 2.14. The molecule has 7 heteroatoms. The van der Waals surface area contributed by atoms with E-state index in [0.29, 0.717) is 24.6 Å². The minimum absolute atomic E-state index is 0. The van der Waals surface area contributed by atoms with Gasteiger partial charge in [-0.05, 0) is 51.9 Å². The maximum Gasteiger partial charge on any atom is 0.191 e. The molecule has 1 fully saturated rings. The average molecular weight is 452 g/mol. The van der Waals surface area contributed by atoms with Crippen molar-refractivity contribution in [3.63, 3.8) is 0 Å². The molecule has 24 heavy (non-hydrogen) atoms. The van der Waals surface area contributed by atoms with E-state index in [0.717, 1.165) is 18.7 Å². The van der Waals surface area contributed by atoms with Crippen molar-refractivity contribution < 1.29 is 8.78 Å². The van der Waals surface area contributed by atoms with Crippen molar-refractivity contribution in [1.29, 1.82) is 0 Å². The van der Waals surface area contributed by atoms with Crippen LogP contribution in [0.3, 0.4) is 0 Å². The molecule has 2 N–H and O–H groups in total. The second-order valence-electron chi connectivity index (χ2n) is 6.06. The van der Waals surface area contributed by atoms with E-state index in [9.17, 15) is 8.78 Å². The predicted molar refractivity (Wildman–Crippen MR) is 105 cm³/mol. The third-order valence-corrected chi connectivity index (χ3v) is 4.14. The quantitative estimate of drug-likeness (QED) is 0.380. The van der Waals surface area contributed by atoms with E-state index in [1.165, 1.54) is 18.9 Å². The summed E-state index contributed by atoms with van der Waals surface area (Å²) in [6.45, 7) is 5.71. The molecule has 0 heterocycles. The highest BCUT2D eigenvalue weighted by Crippen LogP contribution is 2.26. The van der Waals surface area contributed by atoms with Crippen molar-refractivity contribution in [2.45, 2.75) is 45.3 Å². The van der Waals surface area contributed by atoms with Gasteiger partial charge in [0.2, 0.25) is 0 Å². The minimum Gasteiger partial charge on any atom is -0.357 e. The molecule has 2 rings (SSSR count). The highest BCUT2D eigenvalue weighted by Gasteiger charge is 2.28. The van der Waals surface area contributed by atoms with Gasteiger partial charge in [-0.2, -0.15) is 0 Å². The molecular formula is C17H27F2IN4. The standard InChI is InChI=1S/C17H26F2N4.HI/c1-4-20-17(21-10-12(2)23(3)15-6-7-15)22-11-13-9-14(18)5-8-16(13)19;/h5,8-9,12,15H,4,6-7,10-11H2,1-3H3,(H2,20,21,22);1H. The molecule has 1 aromatic rings. The first kappa shape index (κ1) is 21.1. The maximum absolute atomic E-state index is 13.6. The SMILES string of the molecule is CCNC(=NCc1cc(F)ccc1F)NCC(C)N(C)C1CC1.I. The molecule has 0 radical (unpaired) electrons. The molecule has 1 aromatic carbocycles. The van der Waals surface area contributed by atoms with Crippen LogP contribution in [0.2, 0.25) is 0 Å². The van der Waals surface area contributed by atoms with Crippen LogP contribution in [0.25, 0.3) is 0 Å². The van der Waals surface area contributed by atoms with Gasteiger partial charge in [0.15, 0.2) is 5.96 Å². The Kier molecular flexibility index (Phi) is 8.90. The molecule has 1 aliphatic rings. The number of aliphatic imine (C=N–C) groups is 1. The first-order valence-corrected chi connectivity index (χ1v) is 8.19. The zero-order chi connectivity index (χ0) is 16.8. The lowest BCUT2D eigenvalue weighted by Crippen LogP contribution is -2.45. The number of nitrogens with zero attached hydrogens (tertiary/aromatic N) is 2. The van der Waals surface area contributed by atoms with E-state index in [1.807, 2.05) is 6.92 Å². The Morgan fingerprint density at radius 2 is 2.04 bits per heavy atom. The van der Waals surface area contributed by atoms with E-state index < -0.39 is 11.6 Å². The molecule has 0 aliphatic heterocycles. The minimum atomic E-state index is -0.450. The van der Waals surface area contributed by atoms with Crippen molar-refractivity contribution in [3.8, 4) is 0 Å². The van der Waals surface area contributed by atoms with Crippen molar-refractivity contribution >= 4 is 29.9 Å². The predicted octanol–water partition coefficient (Wildman–Crippen LogP) is 3.12. The number of hydrogen-bond acceptors (Lipinski definition) is 2. The second kappa shape index (κ2) is 10.1. The molecule has 0 amide bonds. The van der Waals surface area contributed by atoms with Gasteiger partial charge in [0, 0.05) is 30.7 Å². The van der Waals surface area contributed by atoms with E-state index in [2.05, 4.69) is 34.5 Å². The Bertz CT molecular complexity index is 549. The van der Waals surface area contributed by atoms with E-state index in [-0.39, 0.29) is 36.1 Å². The molecule has 0 spiro atoms. The Labute approximate surface area is 160 Å². The van der Waals surface area contributed by atoms with Crippen LogP contribution in [0.1, 0.15) is 32.3 Å². The largest absolute Gasteiger partial charge is 0.357 e. The lowest BCUT2D eigenvalue weighted by Gasteiger charge is -2.25. The number of benzene rings is 1. The van der Waals surface area contributed by atoms with Crippen LogP contribution in [0, 0.1) is 11.6 Å². The first-order chi connectivity index (χ1) is 11.0. The van der Waals surface area contributed by atoms with Crippen LogP contribution >= 0.6 is 24.0 Å². The molecule has 1 aliphatic carbocycles. The molecular weight excluding hydrogens is 425 g/mol. The summed E-state index contributed by atoms with van der Waals surface area (Å²) in [4.78, 5) is 6.71. The lowest BCUT2D eigenvalue weighted by molar-refractivity contribution is 0.247. The van der Waals surface area contributed by atoms with Gasteiger partial charge in [-0.3, -0.25) is 4.90 Å². The number of halogens is 3. The van der Waals surface area contributed by atoms with Gasteiger partial charge in [-0.15, -0.1) is 24.0 Å². The van der Waals surface area contributed by atoms with E-state index in [1.54, 1.807) is 0 Å². The molecule has 136 valence electrons. The molecule has 1 unspecified atom stereocenters. The van der Waals surface area contributed by atoms with Gasteiger partial charge in [0.1, 0.15) is 11.6 Å². The Morgan fingerprint density at radius 3 is 2.67 bits per heavy atom. The van der Waals surface area contributed by atoms with Crippen molar-refractivity contribution in [2.24, 2.45) is 4.99 Å².